The molecule has 0 aromatic carbocycles. The first-order valence-corrected chi connectivity index (χ1v) is 5.21. The summed E-state index contributed by atoms with van der Waals surface area (Å²) in [5.41, 5.74) is 5.61. The molecule has 1 aliphatic carbocycles. The summed E-state index contributed by atoms with van der Waals surface area (Å²) in [4.78, 5) is 2.54. The standard InChI is InChI=1S/C10H20N2/c1-12-7-9-6-10(12)3-2-8(9)4-5-11/h8-10H,2-7,11H2,1H3. The lowest BCUT2D eigenvalue weighted by Crippen LogP contribution is -2.25. The van der Waals surface area contributed by atoms with Crippen LogP contribution in [0.1, 0.15) is 25.7 Å². The molecule has 1 heterocycles. The molecule has 0 spiro atoms. The molecule has 12 heavy (non-hydrogen) atoms. The molecule has 2 fully saturated rings. The van der Waals surface area contributed by atoms with Gasteiger partial charge in [-0.3, -0.25) is 0 Å². The summed E-state index contributed by atoms with van der Waals surface area (Å²) in [7, 11) is 2.27. The molecule has 70 valence electrons. The van der Waals surface area contributed by atoms with Gasteiger partial charge in [0.1, 0.15) is 0 Å². The predicted octanol–water partition coefficient (Wildman–Crippen LogP) is 1.07. The molecule has 2 rings (SSSR count). The van der Waals surface area contributed by atoms with Crippen molar-refractivity contribution in [2.75, 3.05) is 20.1 Å². The van der Waals surface area contributed by atoms with Crippen molar-refractivity contribution >= 4 is 0 Å². The Kier molecular flexibility index (Phi) is 2.37. The van der Waals surface area contributed by atoms with Gasteiger partial charge in [-0.15, -0.1) is 0 Å². The summed E-state index contributed by atoms with van der Waals surface area (Å²) >= 11 is 0. The first-order chi connectivity index (χ1) is 5.81. The topological polar surface area (TPSA) is 29.3 Å². The van der Waals surface area contributed by atoms with Gasteiger partial charge in [0.05, 0.1) is 0 Å². The monoisotopic (exact) mass is 168 g/mol. The molecule has 0 aromatic rings. The average molecular weight is 168 g/mol. The van der Waals surface area contributed by atoms with Crippen LogP contribution in [-0.4, -0.2) is 31.1 Å². The molecule has 1 aliphatic heterocycles. The molecule has 0 radical (unpaired) electrons. The summed E-state index contributed by atoms with van der Waals surface area (Å²) in [6.07, 6.45) is 5.54. The van der Waals surface area contributed by atoms with Crippen LogP contribution in [-0.2, 0) is 0 Å². The van der Waals surface area contributed by atoms with E-state index in [9.17, 15) is 0 Å². The Balaban J connectivity index is 1.95. The van der Waals surface area contributed by atoms with Gasteiger partial charge in [0, 0.05) is 12.6 Å². The second-order valence-corrected chi connectivity index (χ2v) is 4.50. The summed E-state index contributed by atoms with van der Waals surface area (Å²) in [6, 6.07) is 0.907. The minimum absolute atomic E-state index is 0.884. The Bertz CT molecular complexity index is 156. The van der Waals surface area contributed by atoms with Crippen LogP contribution < -0.4 is 5.73 Å². The van der Waals surface area contributed by atoms with E-state index < -0.39 is 0 Å². The highest BCUT2D eigenvalue weighted by Crippen LogP contribution is 2.39. The van der Waals surface area contributed by atoms with Crippen molar-refractivity contribution in [1.82, 2.24) is 4.90 Å². The highest BCUT2D eigenvalue weighted by Gasteiger charge is 2.38. The fourth-order valence-electron chi connectivity index (χ4n) is 3.04. The van der Waals surface area contributed by atoms with Crippen LogP contribution in [0.25, 0.3) is 0 Å². The number of nitrogens with zero attached hydrogens (tertiary/aromatic N) is 1. The summed E-state index contributed by atoms with van der Waals surface area (Å²) in [5, 5.41) is 0. The maximum absolute atomic E-state index is 5.61. The summed E-state index contributed by atoms with van der Waals surface area (Å²) in [5.74, 6) is 1.91. The zero-order valence-electron chi connectivity index (χ0n) is 8.00. The van der Waals surface area contributed by atoms with Crippen LogP contribution in [0.4, 0.5) is 0 Å². The fourth-order valence-corrected chi connectivity index (χ4v) is 3.04. The maximum atomic E-state index is 5.61. The van der Waals surface area contributed by atoms with E-state index in [4.69, 9.17) is 5.73 Å². The molecule has 1 saturated heterocycles. The third kappa shape index (κ3) is 1.38. The maximum Gasteiger partial charge on any atom is 0.00956 e. The van der Waals surface area contributed by atoms with Crippen molar-refractivity contribution in [3.05, 3.63) is 0 Å². The van der Waals surface area contributed by atoms with E-state index in [1.807, 2.05) is 0 Å². The SMILES string of the molecule is CN1CC2CC1CCC2CCN. The van der Waals surface area contributed by atoms with Gasteiger partial charge in [-0.25, -0.2) is 0 Å². The number of rotatable bonds is 2. The minimum atomic E-state index is 0.884. The van der Waals surface area contributed by atoms with E-state index in [1.54, 1.807) is 0 Å². The van der Waals surface area contributed by atoms with Gasteiger partial charge in [-0.2, -0.15) is 0 Å². The van der Waals surface area contributed by atoms with E-state index in [0.717, 1.165) is 24.4 Å². The Labute approximate surface area is 75.1 Å². The van der Waals surface area contributed by atoms with Gasteiger partial charge in [-0.1, -0.05) is 0 Å². The van der Waals surface area contributed by atoms with E-state index in [-0.39, 0.29) is 0 Å². The van der Waals surface area contributed by atoms with Crippen molar-refractivity contribution in [1.29, 1.82) is 0 Å². The van der Waals surface area contributed by atoms with Gasteiger partial charge >= 0.3 is 0 Å². The molecule has 2 heteroatoms. The van der Waals surface area contributed by atoms with Crippen molar-refractivity contribution in [2.45, 2.75) is 31.7 Å². The molecule has 2 aliphatic rings. The lowest BCUT2D eigenvalue weighted by molar-refractivity contribution is 0.253. The van der Waals surface area contributed by atoms with Crippen molar-refractivity contribution < 1.29 is 0 Å². The second kappa shape index (κ2) is 3.35. The molecule has 1 saturated carbocycles. The number of likely N-dealkylation sites (tertiary alicyclic amines) is 1. The molecule has 0 aromatic heterocycles. The van der Waals surface area contributed by atoms with Crippen molar-refractivity contribution in [2.24, 2.45) is 17.6 Å². The van der Waals surface area contributed by atoms with E-state index in [2.05, 4.69) is 11.9 Å². The third-order valence-corrected chi connectivity index (χ3v) is 3.80. The first-order valence-electron chi connectivity index (χ1n) is 5.21. The lowest BCUT2D eigenvalue weighted by atomic mass is 9.78. The van der Waals surface area contributed by atoms with Crippen LogP contribution in [0.15, 0.2) is 0 Å². The predicted molar refractivity (Wildman–Crippen MR) is 50.9 cm³/mol. The Morgan fingerprint density at radius 2 is 2.25 bits per heavy atom. The first kappa shape index (κ1) is 8.52. The van der Waals surface area contributed by atoms with E-state index in [1.165, 1.54) is 32.2 Å². The van der Waals surface area contributed by atoms with Crippen LogP contribution >= 0.6 is 0 Å². The zero-order valence-corrected chi connectivity index (χ0v) is 8.00. The molecule has 2 nitrogen and oxygen atoms in total. The number of hydrogen-bond acceptors (Lipinski definition) is 2. The van der Waals surface area contributed by atoms with Crippen molar-refractivity contribution in [3.8, 4) is 0 Å². The van der Waals surface area contributed by atoms with Gasteiger partial charge in [-0.05, 0) is 51.1 Å². The van der Waals surface area contributed by atoms with E-state index in [0.29, 0.717) is 0 Å². The van der Waals surface area contributed by atoms with Gasteiger partial charge in [0.25, 0.3) is 0 Å². The van der Waals surface area contributed by atoms with Gasteiger partial charge < -0.3 is 10.6 Å². The molecule has 3 unspecified atom stereocenters. The molecule has 2 bridgehead atoms. The molecule has 0 amide bonds. The van der Waals surface area contributed by atoms with Gasteiger partial charge in [0.2, 0.25) is 0 Å². The largest absolute Gasteiger partial charge is 0.330 e. The van der Waals surface area contributed by atoms with Crippen LogP contribution in [0, 0.1) is 11.8 Å². The normalized spacial score (nSPS) is 42.0. The molecular weight excluding hydrogens is 148 g/mol. The Morgan fingerprint density at radius 3 is 3.00 bits per heavy atom. The molecule has 2 N–H and O–H groups in total. The smallest absolute Gasteiger partial charge is 0.00956 e. The van der Waals surface area contributed by atoms with Crippen molar-refractivity contribution in [3.63, 3.8) is 0 Å². The highest BCUT2D eigenvalue weighted by atomic mass is 15.2. The number of fused-ring (bicyclic) bond motifs is 2. The Hall–Kier alpha value is -0.0800. The number of nitrogens with two attached hydrogens (primary N) is 1. The third-order valence-electron chi connectivity index (χ3n) is 3.80. The lowest BCUT2D eigenvalue weighted by Gasteiger charge is -2.27. The molecule has 3 atom stereocenters. The average Bonchev–Trinajstić information content (AvgIpc) is 2.35. The van der Waals surface area contributed by atoms with Crippen LogP contribution in [0.5, 0.6) is 0 Å². The fraction of sp³-hybridized carbons (Fsp3) is 1.00. The van der Waals surface area contributed by atoms with Crippen LogP contribution in [0.2, 0.25) is 0 Å². The van der Waals surface area contributed by atoms with Crippen LogP contribution in [0.3, 0.4) is 0 Å². The second-order valence-electron chi connectivity index (χ2n) is 4.50. The van der Waals surface area contributed by atoms with Gasteiger partial charge in [0.15, 0.2) is 0 Å². The zero-order chi connectivity index (χ0) is 8.55. The highest BCUT2D eigenvalue weighted by molar-refractivity contribution is 4.92. The summed E-state index contributed by atoms with van der Waals surface area (Å²) < 4.78 is 0. The number of hydrogen-bond donors (Lipinski definition) is 1. The van der Waals surface area contributed by atoms with E-state index >= 15 is 0 Å². The molecular formula is C10H20N2. The minimum Gasteiger partial charge on any atom is -0.330 e. The summed E-state index contributed by atoms with van der Waals surface area (Å²) in [6.45, 7) is 2.21. The quantitative estimate of drug-likeness (QED) is 0.668. The Morgan fingerprint density at radius 1 is 1.42 bits per heavy atom.